The number of nitro groups is 1. The number of carboxylic acid groups (broad SMARTS) is 1. The molecule has 1 aliphatic rings. The van der Waals surface area contributed by atoms with Crippen LogP contribution in [0.3, 0.4) is 0 Å². The Morgan fingerprint density at radius 3 is 2.85 bits per heavy atom. The van der Waals surface area contributed by atoms with Gasteiger partial charge in [0.05, 0.1) is 16.6 Å². The van der Waals surface area contributed by atoms with Crippen LogP contribution in [-0.4, -0.2) is 28.1 Å². The molecule has 1 heterocycles. The van der Waals surface area contributed by atoms with E-state index < -0.39 is 16.4 Å². The molecule has 1 unspecified atom stereocenters. The zero-order valence-electron chi connectivity index (χ0n) is 10.9. The topological polar surface area (TPSA) is 107 Å². The van der Waals surface area contributed by atoms with Gasteiger partial charge < -0.3 is 10.0 Å². The highest BCUT2D eigenvalue weighted by molar-refractivity contribution is 5.85. The molecule has 0 aliphatic carbocycles. The van der Waals surface area contributed by atoms with Crippen LogP contribution < -0.4 is 4.90 Å². The Labute approximate surface area is 115 Å². The first-order valence-corrected chi connectivity index (χ1v) is 6.10. The van der Waals surface area contributed by atoms with Gasteiger partial charge in [0.1, 0.15) is 11.2 Å². The summed E-state index contributed by atoms with van der Waals surface area (Å²) in [6, 6.07) is 5.93. The maximum atomic E-state index is 11.4. The van der Waals surface area contributed by atoms with Gasteiger partial charge in [-0.25, -0.2) is 4.79 Å². The number of carboxylic acids is 1. The van der Waals surface area contributed by atoms with E-state index in [0.29, 0.717) is 19.4 Å². The molecule has 2 rings (SSSR count). The van der Waals surface area contributed by atoms with Crippen LogP contribution in [0.4, 0.5) is 11.4 Å². The molecule has 0 saturated carbocycles. The molecule has 0 amide bonds. The summed E-state index contributed by atoms with van der Waals surface area (Å²) in [7, 11) is 0. The number of nitriles is 1. The normalized spacial score (nSPS) is 21.5. The SMILES string of the molecule is CC1(C(=O)O)CCCN1c1ccc(C#N)cc1[N+](=O)[O-]. The van der Waals surface area contributed by atoms with Crippen LogP contribution in [-0.2, 0) is 4.79 Å². The summed E-state index contributed by atoms with van der Waals surface area (Å²) in [5, 5.41) is 29.3. The minimum absolute atomic E-state index is 0.177. The van der Waals surface area contributed by atoms with Crippen LogP contribution in [0, 0.1) is 21.4 Å². The average Bonchev–Trinajstić information content (AvgIpc) is 2.81. The molecule has 1 N–H and O–H groups in total. The molecule has 7 heteroatoms. The zero-order valence-corrected chi connectivity index (χ0v) is 10.9. The number of anilines is 1. The Hall–Kier alpha value is -2.62. The lowest BCUT2D eigenvalue weighted by atomic mass is 9.98. The second-order valence-electron chi connectivity index (χ2n) is 4.91. The first-order valence-electron chi connectivity index (χ1n) is 6.10. The largest absolute Gasteiger partial charge is 0.480 e. The summed E-state index contributed by atoms with van der Waals surface area (Å²) >= 11 is 0. The summed E-state index contributed by atoms with van der Waals surface area (Å²) in [5.41, 5.74) is -0.967. The minimum atomic E-state index is -1.15. The van der Waals surface area contributed by atoms with Crippen molar-refractivity contribution < 1.29 is 14.8 Å². The molecule has 1 fully saturated rings. The molecule has 0 aromatic heterocycles. The maximum absolute atomic E-state index is 11.4. The highest BCUT2D eigenvalue weighted by atomic mass is 16.6. The number of carbonyl (C=O) groups is 1. The van der Waals surface area contributed by atoms with Crippen LogP contribution in [0.5, 0.6) is 0 Å². The number of rotatable bonds is 3. The predicted octanol–water partition coefficient (Wildman–Crippen LogP) is 1.91. The summed E-state index contributed by atoms with van der Waals surface area (Å²) in [5.74, 6) is -1.01. The molecule has 1 aliphatic heterocycles. The molecular weight excluding hydrogens is 262 g/mol. The highest BCUT2D eigenvalue weighted by Crippen LogP contribution is 2.39. The third-order valence-electron chi connectivity index (χ3n) is 3.69. The van der Waals surface area contributed by atoms with Gasteiger partial charge in [0.2, 0.25) is 0 Å². The van der Waals surface area contributed by atoms with Gasteiger partial charge in [0, 0.05) is 12.6 Å². The molecule has 7 nitrogen and oxygen atoms in total. The third kappa shape index (κ3) is 2.05. The fraction of sp³-hybridized carbons (Fsp3) is 0.385. The highest BCUT2D eigenvalue weighted by Gasteiger charge is 2.45. The number of hydrogen-bond acceptors (Lipinski definition) is 5. The van der Waals surface area contributed by atoms with Gasteiger partial charge in [-0.3, -0.25) is 10.1 Å². The number of nitrogens with zero attached hydrogens (tertiary/aromatic N) is 3. The molecule has 1 aromatic rings. The van der Waals surface area contributed by atoms with Gasteiger partial charge in [-0.2, -0.15) is 5.26 Å². The van der Waals surface area contributed by atoms with E-state index in [-0.39, 0.29) is 16.9 Å². The Morgan fingerprint density at radius 1 is 1.60 bits per heavy atom. The quantitative estimate of drug-likeness (QED) is 0.666. The molecule has 0 spiro atoms. The minimum Gasteiger partial charge on any atom is -0.480 e. The monoisotopic (exact) mass is 275 g/mol. The molecule has 1 saturated heterocycles. The van der Waals surface area contributed by atoms with Gasteiger partial charge in [0.25, 0.3) is 5.69 Å². The van der Waals surface area contributed by atoms with Gasteiger partial charge in [-0.05, 0) is 31.9 Å². The number of nitro benzene ring substituents is 1. The van der Waals surface area contributed by atoms with E-state index in [4.69, 9.17) is 5.26 Å². The van der Waals surface area contributed by atoms with Crippen molar-refractivity contribution in [2.45, 2.75) is 25.3 Å². The average molecular weight is 275 g/mol. The van der Waals surface area contributed by atoms with Gasteiger partial charge in [-0.15, -0.1) is 0 Å². The molecule has 20 heavy (non-hydrogen) atoms. The molecule has 1 aromatic carbocycles. The lowest BCUT2D eigenvalue weighted by Gasteiger charge is -2.32. The standard InChI is InChI=1S/C13H13N3O4/c1-13(12(17)18)5-2-6-15(13)10-4-3-9(8-14)7-11(10)16(19)20/h3-4,7H,2,5-6H2,1H3,(H,17,18). The first-order chi connectivity index (χ1) is 9.40. The molecule has 104 valence electrons. The van der Waals surface area contributed by atoms with Crippen LogP contribution in [0.1, 0.15) is 25.3 Å². The fourth-order valence-corrected chi connectivity index (χ4v) is 2.54. The lowest BCUT2D eigenvalue weighted by Crippen LogP contribution is -2.48. The molecule has 1 atom stereocenters. The fourth-order valence-electron chi connectivity index (χ4n) is 2.54. The van der Waals surface area contributed by atoms with Crippen molar-refractivity contribution in [3.05, 3.63) is 33.9 Å². The number of aliphatic carboxylic acids is 1. The van der Waals surface area contributed by atoms with Crippen molar-refractivity contribution >= 4 is 17.3 Å². The van der Waals surface area contributed by atoms with E-state index in [1.54, 1.807) is 6.92 Å². The second kappa shape index (κ2) is 4.81. The summed E-state index contributed by atoms with van der Waals surface area (Å²) in [6.07, 6.45) is 1.08. The third-order valence-corrected chi connectivity index (χ3v) is 3.69. The van der Waals surface area contributed by atoms with Gasteiger partial charge >= 0.3 is 5.97 Å². The maximum Gasteiger partial charge on any atom is 0.329 e. The lowest BCUT2D eigenvalue weighted by molar-refractivity contribution is -0.384. The van der Waals surface area contributed by atoms with Crippen molar-refractivity contribution in [3.8, 4) is 6.07 Å². The Morgan fingerprint density at radius 2 is 2.30 bits per heavy atom. The Balaban J connectivity index is 2.55. The summed E-state index contributed by atoms with van der Waals surface area (Å²) in [4.78, 5) is 23.5. The van der Waals surface area contributed by atoms with Crippen LogP contribution in [0.15, 0.2) is 18.2 Å². The van der Waals surface area contributed by atoms with E-state index in [1.165, 1.54) is 23.1 Å². The first kappa shape index (κ1) is 13.8. The van der Waals surface area contributed by atoms with Crippen molar-refractivity contribution in [2.24, 2.45) is 0 Å². The van der Waals surface area contributed by atoms with E-state index in [9.17, 15) is 20.0 Å². The van der Waals surface area contributed by atoms with Gasteiger partial charge in [0.15, 0.2) is 0 Å². The predicted molar refractivity (Wildman–Crippen MR) is 70.4 cm³/mol. The van der Waals surface area contributed by atoms with Crippen molar-refractivity contribution in [1.82, 2.24) is 0 Å². The van der Waals surface area contributed by atoms with E-state index in [2.05, 4.69) is 0 Å². The second-order valence-corrected chi connectivity index (χ2v) is 4.91. The van der Waals surface area contributed by atoms with Crippen molar-refractivity contribution in [1.29, 1.82) is 5.26 Å². The zero-order chi connectivity index (χ0) is 14.9. The molecule has 0 radical (unpaired) electrons. The van der Waals surface area contributed by atoms with Crippen LogP contribution in [0.25, 0.3) is 0 Å². The van der Waals surface area contributed by atoms with Crippen molar-refractivity contribution in [3.63, 3.8) is 0 Å². The Kier molecular flexibility index (Phi) is 3.32. The number of hydrogen-bond donors (Lipinski definition) is 1. The molecule has 0 bridgehead atoms. The number of benzene rings is 1. The summed E-state index contributed by atoms with van der Waals surface area (Å²) in [6.45, 7) is 2.00. The summed E-state index contributed by atoms with van der Waals surface area (Å²) < 4.78 is 0. The van der Waals surface area contributed by atoms with Crippen molar-refractivity contribution in [2.75, 3.05) is 11.4 Å². The van der Waals surface area contributed by atoms with E-state index >= 15 is 0 Å². The van der Waals surface area contributed by atoms with Crippen LogP contribution >= 0.6 is 0 Å². The molecular formula is C13H13N3O4. The Bertz CT molecular complexity index is 623. The van der Waals surface area contributed by atoms with E-state index in [0.717, 1.165) is 0 Å². The van der Waals surface area contributed by atoms with Gasteiger partial charge in [-0.1, -0.05) is 0 Å². The van der Waals surface area contributed by atoms with E-state index in [1.807, 2.05) is 6.07 Å². The van der Waals surface area contributed by atoms with Crippen LogP contribution in [0.2, 0.25) is 0 Å². The smallest absolute Gasteiger partial charge is 0.329 e.